The van der Waals surface area contributed by atoms with Crippen LogP contribution in [0.5, 0.6) is 0 Å². The van der Waals surface area contributed by atoms with Gasteiger partial charge in [0.15, 0.2) is 0 Å². The second-order valence-corrected chi connectivity index (χ2v) is 6.14. The van der Waals surface area contributed by atoms with Crippen LogP contribution in [0.4, 0.5) is 18.0 Å². The van der Waals surface area contributed by atoms with Crippen LogP contribution in [-0.4, -0.2) is 34.3 Å². The lowest BCUT2D eigenvalue weighted by Gasteiger charge is -2.28. The highest BCUT2D eigenvalue weighted by Crippen LogP contribution is 2.37. The molecule has 2 heterocycles. The Morgan fingerprint density at radius 2 is 2.04 bits per heavy atom. The molecule has 1 aromatic heterocycles. The van der Waals surface area contributed by atoms with Crippen molar-refractivity contribution in [2.45, 2.75) is 19.6 Å². The SMILES string of the molecule is CCOC(=O)N1C/C(=C\c2ccc(Cl)cc2)c2n[nH]c(C(F)(F)F)c2C1. The van der Waals surface area contributed by atoms with E-state index < -0.39 is 18.0 Å². The van der Waals surface area contributed by atoms with Crippen LogP contribution in [0.2, 0.25) is 5.02 Å². The number of carbonyl (C=O) groups is 1. The molecule has 9 heteroatoms. The number of aromatic nitrogens is 2. The summed E-state index contributed by atoms with van der Waals surface area (Å²) in [5, 5.41) is 6.44. The van der Waals surface area contributed by atoms with E-state index in [1.165, 1.54) is 4.90 Å². The van der Waals surface area contributed by atoms with E-state index in [9.17, 15) is 18.0 Å². The maximum absolute atomic E-state index is 13.2. The lowest BCUT2D eigenvalue weighted by molar-refractivity contribution is -0.142. The van der Waals surface area contributed by atoms with Gasteiger partial charge >= 0.3 is 12.3 Å². The summed E-state index contributed by atoms with van der Waals surface area (Å²) in [5.74, 6) is 0. The number of H-pyrrole nitrogens is 1. The second-order valence-electron chi connectivity index (χ2n) is 5.70. The van der Waals surface area contributed by atoms with Crippen LogP contribution in [-0.2, 0) is 17.5 Å². The molecule has 0 unspecified atom stereocenters. The minimum atomic E-state index is -4.59. The van der Waals surface area contributed by atoms with E-state index in [0.29, 0.717) is 10.6 Å². The molecule has 1 aliphatic rings. The molecule has 138 valence electrons. The summed E-state index contributed by atoms with van der Waals surface area (Å²) in [6.07, 6.45) is -3.58. The smallest absolute Gasteiger partial charge is 0.433 e. The van der Waals surface area contributed by atoms with Gasteiger partial charge in [-0.25, -0.2) is 4.79 Å². The van der Waals surface area contributed by atoms with E-state index in [4.69, 9.17) is 16.3 Å². The van der Waals surface area contributed by atoms with Crippen LogP contribution in [0, 0.1) is 0 Å². The first-order chi connectivity index (χ1) is 12.3. The van der Waals surface area contributed by atoms with Gasteiger partial charge in [-0.05, 0) is 30.7 Å². The number of ether oxygens (including phenoxy) is 1. The first-order valence-corrected chi connectivity index (χ1v) is 8.20. The van der Waals surface area contributed by atoms with Crippen molar-refractivity contribution in [3.8, 4) is 0 Å². The summed E-state index contributed by atoms with van der Waals surface area (Å²) in [7, 11) is 0. The van der Waals surface area contributed by atoms with Gasteiger partial charge in [0.2, 0.25) is 0 Å². The Kier molecular flexibility index (Phi) is 4.95. The largest absolute Gasteiger partial charge is 0.450 e. The number of nitrogens with one attached hydrogen (secondary N) is 1. The van der Waals surface area contributed by atoms with Gasteiger partial charge in [0, 0.05) is 16.2 Å². The molecule has 3 rings (SSSR count). The molecule has 26 heavy (non-hydrogen) atoms. The highest BCUT2D eigenvalue weighted by molar-refractivity contribution is 6.30. The normalized spacial score (nSPS) is 15.9. The number of nitrogens with zero attached hydrogens (tertiary/aromatic N) is 2. The van der Waals surface area contributed by atoms with Crippen LogP contribution in [0.15, 0.2) is 24.3 Å². The molecule has 0 saturated heterocycles. The number of aromatic amines is 1. The number of rotatable bonds is 2. The van der Waals surface area contributed by atoms with Crippen LogP contribution < -0.4 is 0 Å². The van der Waals surface area contributed by atoms with Crippen molar-refractivity contribution < 1.29 is 22.7 Å². The molecule has 0 atom stereocenters. The molecule has 0 radical (unpaired) electrons. The van der Waals surface area contributed by atoms with Gasteiger partial charge in [-0.15, -0.1) is 0 Å². The molecule has 0 saturated carbocycles. The molecular formula is C17H15ClF3N3O2. The standard InChI is InChI=1S/C17H15ClF3N3O2/c1-2-26-16(25)24-8-11(7-10-3-5-12(18)6-4-10)14-13(9-24)15(23-22-14)17(19,20)21/h3-7H,2,8-9H2,1H3,(H,22,23)/b11-7+. The van der Waals surface area contributed by atoms with Crippen LogP contribution >= 0.6 is 11.6 Å². The number of benzene rings is 1. The van der Waals surface area contributed by atoms with E-state index in [1.807, 2.05) is 0 Å². The number of halogens is 4. The van der Waals surface area contributed by atoms with Crippen molar-refractivity contribution in [1.29, 1.82) is 0 Å². The van der Waals surface area contributed by atoms with Crippen LogP contribution in [0.3, 0.4) is 0 Å². The zero-order valence-electron chi connectivity index (χ0n) is 13.7. The van der Waals surface area contributed by atoms with E-state index in [2.05, 4.69) is 10.2 Å². The number of carbonyl (C=O) groups excluding carboxylic acids is 1. The minimum absolute atomic E-state index is 0.0722. The second kappa shape index (κ2) is 7.03. The number of fused-ring (bicyclic) bond motifs is 1. The van der Waals surface area contributed by atoms with Gasteiger partial charge < -0.3 is 4.74 Å². The Bertz CT molecular complexity index is 844. The van der Waals surface area contributed by atoms with Gasteiger partial charge in [-0.3, -0.25) is 10.00 Å². The third-order valence-electron chi connectivity index (χ3n) is 3.90. The molecule has 2 aromatic rings. The Morgan fingerprint density at radius 3 is 2.65 bits per heavy atom. The van der Waals surface area contributed by atoms with Crippen molar-refractivity contribution in [3.05, 3.63) is 51.8 Å². The molecule has 0 fully saturated rings. The molecule has 1 N–H and O–H groups in total. The van der Waals surface area contributed by atoms with Crippen LogP contribution in [0.25, 0.3) is 11.6 Å². The Balaban J connectivity index is 2.05. The number of amides is 1. The maximum atomic E-state index is 13.2. The third kappa shape index (κ3) is 3.70. The zero-order valence-corrected chi connectivity index (χ0v) is 14.5. The lowest BCUT2D eigenvalue weighted by atomic mass is 9.98. The first-order valence-electron chi connectivity index (χ1n) is 7.82. The summed E-state index contributed by atoms with van der Waals surface area (Å²) >= 11 is 5.86. The summed E-state index contributed by atoms with van der Waals surface area (Å²) in [6.45, 7) is 1.64. The monoisotopic (exact) mass is 385 g/mol. The molecule has 0 bridgehead atoms. The van der Waals surface area contributed by atoms with Crippen molar-refractivity contribution in [2.24, 2.45) is 0 Å². The first kappa shape index (κ1) is 18.3. The van der Waals surface area contributed by atoms with Gasteiger partial charge in [0.1, 0.15) is 5.69 Å². The van der Waals surface area contributed by atoms with Crippen LogP contribution in [0.1, 0.15) is 29.4 Å². The Morgan fingerprint density at radius 1 is 1.35 bits per heavy atom. The molecule has 1 aliphatic heterocycles. The quantitative estimate of drug-likeness (QED) is 0.822. The average molecular weight is 386 g/mol. The fourth-order valence-corrected chi connectivity index (χ4v) is 2.89. The van der Waals surface area contributed by atoms with Crippen molar-refractivity contribution in [1.82, 2.24) is 15.1 Å². The highest BCUT2D eigenvalue weighted by Gasteiger charge is 2.40. The molecule has 5 nitrogen and oxygen atoms in total. The summed E-state index contributed by atoms with van der Waals surface area (Å²) in [6, 6.07) is 6.81. The lowest BCUT2D eigenvalue weighted by Crippen LogP contribution is -2.36. The molecule has 1 aromatic carbocycles. The van der Waals surface area contributed by atoms with E-state index in [1.54, 1.807) is 37.3 Å². The Labute approximate surface area is 152 Å². The summed E-state index contributed by atoms with van der Waals surface area (Å²) in [4.78, 5) is 13.3. The number of hydrogen-bond donors (Lipinski definition) is 1. The Hall–Kier alpha value is -2.48. The van der Waals surface area contributed by atoms with Gasteiger partial charge in [0.25, 0.3) is 0 Å². The van der Waals surface area contributed by atoms with E-state index >= 15 is 0 Å². The predicted octanol–water partition coefficient (Wildman–Crippen LogP) is 4.59. The van der Waals surface area contributed by atoms with Crippen molar-refractivity contribution in [3.63, 3.8) is 0 Å². The van der Waals surface area contributed by atoms with Crippen molar-refractivity contribution in [2.75, 3.05) is 13.2 Å². The number of hydrogen-bond acceptors (Lipinski definition) is 3. The van der Waals surface area contributed by atoms with E-state index in [0.717, 1.165) is 5.56 Å². The minimum Gasteiger partial charge on any atom is -0.450 e. The summed E-state index contributed by atoms with van der Waals surface area (Å²) < 4.78 is 44.7. The van der Waals surface area contributed by atoms with Crippen molar-refractivity contribution >= 4 is 29.3 Å². The van der Waals surface area contributed by atoms with Gasteiger partial charge in [0.05, 0.1) is 25.4 Å². The number of alkyl halides is 3. The van der Waals surface area contributed by atoms with E-state index in [-0.39, 0.29) is 31.0 Å². The topological polar surface area (TPSA) is 58.2 Å². The molecule has 0 aliphatic carbocycles. The summed E-state index contributed by atoms with van der Waals surface area (Å²) in [5.41, 5.74) is 0.388. The third-order valence-corrected chi connectivity index (χ3v) is 4.15. The fourth-order valence-electron chi connectivity index (χ4n) is 2.76. The molecule has 0 spiro atoms. The maximum Gasteiger partial charge on any atom is 0.433 e. The molecular weight excluding hydrogens is 371 g/mol. The van der Waals surface area contributed by atoms with Gasteiger partial charge in [-0.2, -0.15) is 18.3 Å². The highest BCUT2D eigenvalue weighted by atomic mass is 35.5. The average Bonchev–Trinajstić information content (AvgIpc) is 3.01. The fraction of sp³-hybridized carbons (Fsp3) is 0.294. The predicted molar refractivity (Wildman–Crippen MR) is 90.3 cm³/mol. The molecule has 1 amide bonds. The zero-order chi connectivity index (χ0) is 18.9. The van der Waals surface area contributed by atoms with Gasteiger partial charge in [-0.1, -0.05) is 23.7 Å².